The highest BCUT2D eigenvalue weighted by atomic mass is 19.4. The van der Waals surface area contributed by atoms with E-state index in [9.17, 15) is 13.2 Å². The monoisotopic (exact) mass is 259 g/mol. The number of benzene rings is 1. The van der Waals surface area contributed by atoms with E-state index in [1.165, 1.54) is 6.07 Å². The van der Waals surface area contributed by atoms with Gasteiger partial charge in [0.05, 0.1) is 17.7 Å². The molecule has 5 heteroatoms. The third-order valence-electron chi connectivity index (χ3n) is 3.31. The van der Waals surface area contributed by atoms with Gasteiger partial charge < -0.3 is 10.1 Å². The summed E-state index contributed by atoms with van der Waals surface area (Å²) in [6.45, 7) is 2.43. The average Bonchev–Trinajstić information content (AvgIpc) is 2.26. The van der Waals surface area contributed by atoms with Crippen LogP contribution in [0.2, 0.25) is 0 Å². The number of rotatable bonds is 2. The lowest BCUT2D eigenvalue weighted by atomic mass is 9.86. The molecule has 0 amide bonds. The third kappa shape index (κ3) is 2.46. The van der Waals surface area contributed by atoms with Crippen LogP contribution in [0.4, 0.5) is 18.9 Å². The van der Waals surface area contributed by atoms with Gasteiger partial charge in [0.2, 0.25) is 0 Å². The van der Waals surface area contributed by atoms with Crippen LogP contribution in [0.15, 0.2) is 18.2 Å². The highest BCUT2D eigenvalue weighted by molar-refractivity contribution is 5.59. The first kappa shape index (κ1) is 13.2. The summed E-state index contributed by atoms with van der Waals surface area (Å²) in [6.07, 6.45) is -3.25. The van der Waals surface area contributed by atoms with E-state index in [2.05, 4.69) is 5.32 Å². The quantitative estimate of drug-likeness (QED) is 0.878. The first-order valence-corrected chi connectivity index (χ1v) is 5.82. The maximum atomic E-state index is 12.9. The number of fused-ring (bicyclic) bond motifs is 1. The minimum atomic E-state index is -4.29. The molecular weight excluding hydrogens is 243 g/mol. The lowest BCUT2D eigenvalue weighted by molar-refractivity contribution is -0.138. The molecule has 1 aromatic rings. The summed E-state index contributed by atoms with van der Waals surface area (Å²) in [7, 11) is 1.59. The predicted molar refractivity (Wildman–Crippen MR) is 63.7 cm³/mol. The molecule has 1 N–H and O–H groups in total. The maximum Gasteiger partial charge on any atom is 0.416 e. The molecule has 0 saturated carbocycles. The molecule has 0 radical (unpaired) electrons. The Morgan fingerprint density at radius 2 is 2.11 bits per heavy atom. The van der Waals surface area contributed by atoms with Gasteiger partial charge >= 0.3 is 6.18 Å². The molecule has 0 fully saturated rings. The van der Waals surface area contributed by atoms with Gasteiger partial charge in [0.15, 0.2) is 0 Å². The minimum Gasteiger partial charge on any atom is -0.382 e. The van der Waals surface area contributed by atoms with Crippen molar-refractivity contribution in [2.75, 3.05) is 19.0 Å². The first-order valence-electron chi connectivity index (χ1n) is 5.82. The fraction of sp³-hybridized carbons (Fsp3) is 0.538. The van der Waals surface area contributed by atoms with E-state index >= 15 is 0 Å². The molecule has 1 aliphatic rings. The van der Waals surface area contributed by atoms with Crippen molar-refractivity contribution in [2.45, 2.75) is 31.5 Å². The van der Waals surface area contributed by atoms with Gasteiger partial charge in [-0.1, -0.05) is 6.07 Å². The molecule has 1 atom stereocenters. The van der Waals surface area contributed by atoms with Crippen LogP contribution >= 0.6 is 0 Å². The molecule has 100 valence electrons. The fourth-order valence-electron chi connectivity index (χ4n) is 2.45. The lowest BCUT2D eigenvalue weighted by Crippen LogP contribution is -2.43. The first-order chi connectivity index (χ1) is 8.36. The summed E-state index contributed by atoms with van der Waals surface area (Å²) in [5.41, 5.74) is 0.0903. The molecule has 0 bridgehead atoms. The van der Waals surface area contributed by atoms with E-state index in [4.69, 9.17) is 4.74 Å². The molecule has 0 aliphatic carbocycles. The van der Waals surface area contributed by atoms with Crippen molar-refractivity contribution in [3.8, 4) is 0 Å². The van der Waals surface area contributed by atoms with Crippen LogP contribution in [-0.4, -0.2) is 19.3 Å². The summed E-state index contributed by atoms with van der Waals surface area (Å²) in [4.78, 5) is 0. The van der Waals surface area contributed by atoms with Crippen molar-refractivity contribution in [3.05, 3.63) is 29.3 Å². The Kier molecular flexibility index (Phi) is 3.27. The minimum absolute atomic E-state index is 0.300. The van der Waals surface area contributed by atoms with Gasteiger partial charge in [-0.05, 0) is 37.5 Å². The van der Waals surface area contributed by atoms with E-state index in [0.717, 1.165) is 6.07 Å². The van der Waals surface area contributed by atoms with Gasteiger partial charge in [0.1, 0.15) is 0 Å². The van der Waals surface area contributed by atoms with E-state index in [1.807, 2.05) is 6.92 Å². The Morgan fingerprint density at radius 1 is 1.39 bits per heavy atom. The van der Waals surface area contributed by atoms with Crippen molar-refractivity contribution in [3.63, 3.8) is 0 Å². The van der Waals surface area contributed by atoms with E-state index in [1.54, 1.807) is 13.2 Å². The van der Waals surface area contributed by atoms with Crippen molar-refractivity contribution < 1.29 is 17.9 Å². The van der Waals surface area contributed by atoms with Crippen molar-refractivity contribution in [1.29, 1.82) is 0 Å². The number of methoxy groups -OCH3 is 1. The Balaban J connectivity index is 2.36. The van der Waals surface area contributed by atoms with E-state index in [-0.39, 0.29) is 5.54 Å². The van der Waals surface area contributed by atoms with Crippen molar-refractivity contribution in [1.82, 2.24) is 0 Å². The molecule has 2 nitrogen and oxygen atoms in total. The zero-order chi connectivity index (χ0) is 13.4. The van der Waals surface area contributed by atoms with Gasteiger partial charge in [-0.15, -0.1) is 0 Å². The van der Waals surface area contributed by atoms with Crippen LogP contribution in [0.5, 0.6) is 0 Å². The fourth-order valence-corrected chi connectivity index (χ4v) is 2.45. The molecule has 2 rings (SSSR count). The van der Waals surface area contributed by atoms with Gasteiger partial charge in [0.25, 0.3) is 0 Å². The van der Waals surface area contributed by atoms with Gasteiger partial charge in [-0.3, -0.25) is 0 Å². The van der Waals surface area contributed by atoms with Crippen LogP contribution in [0, 0.1) is 0 Å². The summed E-state index contributed by atoms with van der Waals surface area (Å²) >= 11 is 0. The smallest absolute Gasteiger partial charge is 0.382 e. The van der Waals surface area contributed by atoms with Gasteiger partial charge in [-0.2, -0.15) is 13.2 Å². The lowest BCUT2D eigenvalue weighted by Gasteiger charge is -2.37. The number of nitrogens with one attached hydrogen (secondary N) is 1. The highest BCUT2D eigenvalue weighted by Crippen LogP contribution is 2.39. The van der Waals surface area contributed by atoms with Crippen LogP contribution < -0.4 is 5.32 Å². The van der Waals surface area contributed by atoms with Crippen LogP contribution in [-0.2, 0) is 17.3 Å². The van der Waals surface area contributed by atoms with Gasteiger partial charge in [0, 0.05) is 12.8 Å². The largest absolute Gasteiger partial charge is 0.416 e. The molecule has 1 heterocycles. The third-order valence-corrected chi connectivity index (χ3v) is 3.31. The van der Waals surface area contributed by atoms with E-state index in [0.29, 0.717) is 30.7 Å². The Hall–Kier alpha value is -1.23. The van der Waals surface area contributed by atoms with Crippen molar-refractivity contribution >= 4 is 5.69 Å². The Bertz CT molecular complexity index is 444. The maximum absolute atomic E-state index is 12.9. The van der Waals surface area contributed by atoms with Crippen LogP contribution in [0.1, 0.15) is 24.5 Å². The average molecular weight is 259 g/mol. The second kappa shape index (κ2) is 4.46. The summed E-state index contributed by atoms with van der Waals surface area (Å²) in [6, 6.07) is 4.27. The molecule has 0 saturated heterocycles. The summed E-state index contributed by atoms with van der Waals surface area (Å²) in [5.74, 6) is 0. The standard InChI is InChI=1S/C13H16F3NO/c1-12(8-18-2)7-6-9-10(13(14,15)16)4-3-5-11(9)17-12/h3-5,17H,6-8H2,1-2H3. The molecule has 18 heavy (non-hydrogen) atoms. The Labute approximate surface area is 104 Å². The zero-order valence-corrected chi connectivity index (χ0v) is 10.4. The number of hydrogen-bond acceptors (Lipinski definition) is 2. The molecular formula is C13H16F3NO. The number of ether oxygens (including phenoxy) is 1. The normalized spacial score (nSPS) is 23.4. The number of anilines is 1. The van der Waals surface area contributed by atoms with Crippen LogP contribution in [0.25, 0.3) is 0 Å². The number of hydrogen-bond donors (Lipinski definition) is 1. The van der Waals surface area contributed by atoms with Gasteiger partial charge in [-0.25, -0.2) is 0 Å². The highest BCUT2D eigenvalue weighted by Gasteiger charge is 2.37. The summed E-state index contributed by atoms with van der Waals surface area (Å²) < 4.78 is 43.7. The second-order valence-electron chi connectivity index (χ2n) is 4.95. The molecule has 0 spiro atoms. The zero-order valence-electron chi connectivity index (χ0n) is 10.4. The SMILES string of the molecule is COCC1(C)CCc2c(cccc2C(F)(F)F)N1. The number of halogens is 3. The summed E-state index contributed by atoms with van der Waals surface area (Å²) in [5, 5.41) is 3.16. The van der Waals surface area contributed by atoms with E-state index < -0.39 is 11.7 Å². The Morgan fingerprint density at radius 3 is 2.72 bits per heavy atom. The number of alkyl halides is 3. The molecule has 0 aromatic heterocycles. The molecule has 1 aromatic carbocycles. The second-order valence-corrected chi connectivity index (χ2v) is 4.95. The molecule has 1 aliphatic heterocycles. The topological polar surface area (TPSA) is 21.3 Å². The predicted octanol–water partition coefficient (Wildman–Crippen LogP) is 3.47. The van der Waals surface area contributed by atoms with Crippen LogP contribution in [0.3, 0.4) is 0 Å². The van der Waals surface area contributed by atoms with Crippen molar-refractivity contribution in [2.24, 2.45) is 0 Å². The molecule has 1 unspecified atom stereocenters.